The Bertz CT molecular complexity index is 1240. The zero-order chi connectivity index (χ0) is 27.7. The van der Waals surface area contributed by atoms with Crippen LogP contribution in [0.1, 0.15) is 51.1 Å². The van der Waals surface area contributed by atoms with Crippen LogP contribution in [0.4, 0.5) is 0 Å². The summed E-state index contributed by atoms with van der Waals surface area (Å²) in [4.78, 5) is 13.4. The van der Waals surface area contributed by atoms with Gasteiger partial charge in [0, 0.05) is 55.6 Å². The van der Waals surface area contributed by atoms with Crippen LogP contribution in [0, 0.1) is 11.8 Å². The molecule has 1 aromatic carbocycles. The largest absolute Gasteiger partial charge is 0.392 e. The Morgan fingerprint density at radius 3 is 2.63 bits per heavy atom. The average molecular weight is 536 g/mol. The molecule has 1 aliphatic heterocycles. The van der Waals surface area contributed by atoms with Crippen molar-refractivity contribution in [2.45, 2.75) is 46.6 Å². The third-order valence-electron chi connectivity index (χ3n) is 6.24. The van der Waals surface area contributed by atoms with Crippen LogP contribution in [0.15, 0.2) is 47.4 Å². The number of piperazine rings is 1. The van der Waals surface area contributed by atoms with E-state index in [0.717, 1.165) is 68.3 Å². The van der Waals surface area contributed by atoms with Gasteiger partial charge in [0.25, 0.3) is 0 Å². The van der Waals surface area contributed by atoms with Crippen LogP contribution in [0.2, 0.25) is 5.02 Å². The van der Waals surface area contributed by atoms with Crippen molar-refractivity contribution < 1.29 is 0 Å². The summed E-state index contributed by atoms with van der Waals surface area (Å²) in [5.41, 5.74) is 17.5. The summed E-state index contributed by atoms with van der Waals surface area (Å²) in [6, 6.07) is 6.01. The van der Waals surface area contributed by atoms with E-state index in [9.17, 15) is 0 Å². The molecule has 0 unspecified atom stereocenters. The lowest BCUT2D eigenvalue weighted by molar-refractivity contribution is 0.164. The molecule has 3 rings (SSSR count). The van der Waals surface area contributed by atoms with Crippen LogP contribution >= 0.6 is 11.6 Å². The van der Waals surface area contributed by atoms with E-state index < -0.39 is 0 Å². The summed E-state index contributed by atoms with van der Waals surface area (Å²) in [7, 11) is 2.18. The van der Waals surface area contributed by atoms with Crippen LogP contribution in [0.3, 0.4) is 0 Å². The second-order valence-electron chi connectivity index (χ2n) is 10.3. The molecule has 1 aromatic heterocycles. The van der Waals surface area contributed by atoms with E-state index in [1.165, 1.54) is 5.57 Å². The molecule has 2 heterocycles. The van der Waals surface area contributed by atoms with Crippen molar-refractivity contribution in [2.24, 2.45) is 11.5 Å². The van der Waals surface area contributed by atoms with Crippen LogP contribution < -0.4 is 16.8 Å². The van der Waals surface area contributed by atoms with E-state index in [1.807, 2.05) is 32.0 Å². The molecule has 1 aliphatic rings. The van der Waals surface area contributed by atoms with Crippen molar-refractivity contribution in [3.63, 3.8) is 0 Å². The zero-order valence-electron chi connectivity index (χ0n) is 23.4. The highest BCUT2D eigenvalue weighted by molar-refractivity contribution is 6.31. The molecular formula is C30H42ClN7. The third kappa shape index (κ3) is 8.98. The van der Waals surface area contributed by atoms with Gasteiger partial charge in [0.2, 0.25) is 0 Å². The lowest BCUT2D eigenvalue weighted by Gasteiger charge is -2.32. The standard InChI is InChI=1S/C30H42ClN7/c1-6-7-27-28(18-22(4)20-38-16-14-37(5)15-17-38)36-30(35-27)24-9-12-26(31)23(19-24)8-10-25(32)11-13-29(33)34-21(2)3/h9,11-13,18-19,21,34H,6-7,14-17,20,32-33H2,1-5H3,(H,35,36)/b22-18+,25-11-,29-13+. The second kappa shape index (κ2) is 14.1. The molecule has 1 saturated heterocycles. The number of H-pyrrole nitrogens is 1. The fourth-order valence-corrected chi connectivity index (χ4v) is 4.43. The number of hydrogen-bond donors (Lipinski definition) is 4. The normalized spacial score (nSPS) is 16.0. The summed E-state index contributed by atoms with van der Waals surface area (Å²) in [5, 5.41) is 3.67. The fraction of sp³-hybridized carbons (Fsp3) is 0.433. The monoisotopic (exact) mass is 535 g/mol. The maximum atomic E-state index is 6.46. The van der Waals surface area contributed by atoms with Gasteiger partial charge in [-0.15, -0.1) is 0 Å². The minimum absolute atomic E-state index is 0.241. The number of imidazole rings is 1. The van der Waals surface area contributed by atoms with Gasteiger partial charge in [-0.05, 0) is 76.6 Å². The maximum Gasteiger partial charge on any atom is 0.138 e. The van der Waals surface area contributed by atoms with Crippen molar-refractivity contribution in [1.29, 1.82) is 0 Å². The van der Waals surface area contributed by atoms with Gasteiger partial charge in [-0.2, -0.15) is 0 Å². The predicted molar refractivity (Wildman–Crippen MR) is 160 cm³/mol. The number of allylic oxidation sites excluding steroid dienone is 3. The Morgan fingerprint density at radius 1 is 1.21 bits per heavy atom. The van der Waals surface area contributed by atoms with E-state index in [4.69, 9.17) is 28.1 Å². The van der Waals surface area contributed by atoms with Crippen molar-refractivity contribution in [2.75, 3.05) is 39.8 Å². The summed E-state index contributed by atoms with van der Waals surface area (Å²) >= 11 is 6.46. The molecule has 2 aromatic rings. The van der Waals surface area contributed by atoms with Crippen molar-refractivity contribution >= 4 is 17.7 Å². The molecule has 38 heavy (non-hydrogen) atoms. The molecule has 0 amide bonds. The van der Waals surface area contributed by atoms with Crippen molar-refractivity contribution in [3.8, 4) is 23.2 Å². The molecule has 0 radical (unpaired) electrons. The van der Waals surface area contributed by atoms with E-state index in [0.29, 0.717) is 22.1 Å². The number of aromatic nitrogens is 2. The minimum Gasteiger partial charge on any atom is -0.392 e. The Balaban J connectivity index is 1.82. The molecule has 0 bridgehead atoms. The molecular weight excluding hydrogens is 494 g/mol. The number of nitrogens with one attached hydrogen (secondary N) is 2. The SMILES string of the molecule is CCCc1[nH]c(-c2ccc(Cl)c(C#C/C(N)=C/C=C(\N)NC(C)C)c2)nc1/C=C(\C)CN1CCN(C)CC1. The molecule has 7 nitrogen and oxygen atoms in total. The Labute approximate surface area is 233 Å². The van der Waals surface area contributed by atoms with Crippen LogP contribution in [-0.2, 0) is 6.42 Å². The fourth-order valence-electron chi connectivity index (χ4n) is 4.27. The van der Waals surface area contributed by atoms with E-state index in [2.05, 4.69) is 58.9 Å². The topological polar surface area (TPSA) is 99.2 Å². The summed E-state index contributed by atoms with van der Waals surface area (Å²) in [6.45, 7) is 13.8. The van der Waals surface area contributed by atoms with E-state index in [-0.39, 0.29) is 6.04 Å². The van der Waals surface area contributed by atoms with Crippen molar-refractivity contribution in [3.05, 3.63) is 69.4 Å². The molecule has 6 N–H and O–H groups in total. The third-order valence-corrected chi connectivity index (χ3v) is 6.57. The number of halogens is 1. The minimum atomic E-state index is 0.241. The quantitative estimate of drug-likeness (QED) is 0.282. The lowest BCUT2D eigenvalue weighted by Crippen LogP contribution is -2.44. The van der Waals surface area contributed by atoms with E-state index >= 15 is 0 Å². The number of nitrogens with zero attached hydrogens (tertiary/aromatic N) is 3. The summed E-state index contributed by atoms with van der Waals surface area (Å²) in [5.74, 6) is 7.39. The van der Waals surface area contributed by atoms with Crippen molar-refractivity contribution in [1.82, 2.24) is 25.1 Å². The average Bonchev–Trinajstić information content (AvgIpc) is 3.25. The first-order chi connectivity index (χ1) is 18.1. The smallest absolute Gasteiger partial charge is 0.138 e. The lowest BCUT2D eigenvalue weighted by atomic mass is 10.1. The van der Waals surface area contributed by atoms with Gasteiger partial charge in [-0.3, -0.25) is 4.90 Å². The number of aromatic amines is 1. The van der Waals surface area contributed by atoms with Gasteiger partial charge in [0.1, 0.15) is 5.82 Å². The number of nitrogens with two attached hydrogens (primary N) is 2. The molecule has 204 valence electrons. The Kier molecular flexibility index (Phi) is 10.9. The van der Waals surface area contributed by atoms with Gasteiger partial charge < -0.3 is 26.7 Å². The maximum absolute atomic E-state index is 6.46. The molecule has 0 aliphatic carbocycles. The van der Waals surface area contributed by atoms with Crippen LogP contribution in [0.25, 0.3) is 17.5 Å². The first-order valence-corrected chi connectivity index (χ1v) is 13.7. The number of benzene rings is 1. The van der Waals surface area contributed by atoms with Crippen LogP contribution in [-0.4, -0.2) is 65.6 Å². The molecule has 0 spiro atoms. The highest BCUT2D eigenvalue weighted by atomic mass is 35.5. The highest BCUT2D eigenvalue weighted by Gasteiger charge is 2.15. The van der Waals surface area contributed by atoms with Gasteiger partial charge >= 0.3 is 0 Å². The second-order valence-corrected chi connectivity index (χ2v) is 10.7. The van der Waals surface area contributed by atoms with Gasteiger partial charge in [-0.1, -0.05) is 36.4 Å². The summed E-state index contributed by atoms with van der Waals surface area (Å²) < 4.78 is 0. The molecule has 1 fully saturated rings. The Morgan fingerprint density at radius 2 is 1.95 bits per heavy atom. The summed E-state index contributed by atoms with van der Waals surface area (Å²) in [6.07, 6.45) is 7.58. The molecule has 0 saturated carbocycles. The number of hydrogen-bond acceptors (Lipinski definition) is 6. The number of rotatable bonds is 9. The van der Waals surface area contributed by atoms with Gasteiger partial charge in [0.15, 0.2) is 0 Å². The number of aryl methyl sites for hydroxylation is 1. The Hall–Kier alpha value is -3.18. The number of likely N-dealkylation sites (N-methyl/N-ethyl adjacent to an activating group) is 1. The molecule has 0 atom stereocenters. The predicted octanol–water partition coefficient (Wildman–Crippen LogP) is 4.33. The first kappa shape index (κ1) is 29.4. The molecule has 8 heteroatoms. The van der Waals surface area contributed by atoms with E-state index in [1.54, 1.807) is 12.2 Å². The first-order valence-electron chi connectivity index (χ1n) is 13.3. The zero-order valence-corrected chi connectivity index (χ0v) is 24.1. The van der Waals surface area contributed by atoms with Crippen LogP contribution in [0.5, 0.6) is 0 Å². The van der Waals surface area contributed by atoms with Gasteiger partial charge in [0.05, 0.1) is 22.2 Å². The highest BCUT2D eigenvalue weighted by Crippen LogP contribution is 2.25. The van der Waals surface area contributed by atoms with Gasteiger partial charge in [-0.25, -0.2) is 4.98 Å².